The molecule has 0 amide bonds. The highest BCUT2D eigenvalue weighted by atomic mass is 19.4. The zero-order valence-corrected chi connectivity index (χ0v) is 18.9. The van der Waals surface area contributed by atoms with Crippen LogP contribution in [0.15, 0.2) is 36.6 Å². The van der Waals surface area contributed by atoms with Crippen molar-refractivity contribution >= 4 is 16.6 Å². The maximum absolute atomic E-state index is 13.6. The van der Waals surface area contributed by atoms with Gasteiger partial charge in [-0.15, -0.1) is 0 Å². The summed E-state index contributed by atoms with van der Waals surface area (Å²) >= 11 is 0. The predicted octanol–water partition coefficient (Wildman–Crippen LogP) is 4.31. The molecule has 182 valence electrons. The van der Waals surface area contributed by atoms with Crippen molar-refractivity contribution in [3.63, 3.8) is 0 Å². The van der Waals surface area contributed by atoms with Crippen LogP contribution >= 0.6 is 0 Å². The van der Waals surface area contributed by atoms with Crippen molar-refractivity contribution in [1.29, 1.82) is 0 Å². The molecule has 3 aromatic rings. The zero-order valence-electron chi connectivity index (χ0n) is 19.9. The standard InChI is InChI=1S/C24H28F4N6/c1-15-9-19-18(4-6-21-20(19)11-30-32-21)23(34(15)14-24(26,27)28)22-5-3-16(10-29-22)31-17-12-33(13-17)8-2-7-25/h3-6,10-11,15,17,23,31H,2,7-9,12-14H2,1H3,(H,30,32)/t15-,23+/m1/s1/i11D. The molecule has 0 aliphatic carbocycles. The van der Waals surface area contributed by atoms with Gasteiger partial charge < -0.3 is 5.32 Å². The molecule has 2 atom stereocenters. The van der Waals surface area contributed by atoms with Crippen molar-refractivity contribution < 1.29 is 18.9 Å². The minimum Gasteiger partial charge on any atom is -0.378 e. The fourth-order valence-corrected chi connectivity index (χ4v) is 5.15. The van der Waals surface area contributed by atoms with Crippen LogP contribution in [0.1, 0.15) is 37.6 Å². The maximum atomic E-state index is 13.6. The molecule has 2 aromatic heterocycles. The van der Waals surface area contributed by atoms with E-state index >= 15 is 0 Å². The third-order valence-corrected chi connectivity index (χ3v) is 6.75. The maximum Gasteiger partial charge on any atom is 0.401 e. The van der Waals surface area contributed by atoms with Gasteiger partial charge in [0.2, 0.25) is 0 Å². The molecule has 4 heterocycles. The molecule has 34 heavy (non-hydrogen) atoms. The summed E-state index contributed by atoms with van der Waals surface area (Å²) in [6, 6.07) is 6.37. The number of hydrogen-bond acceptors (Lipinski definition) is 5. The molecule has 2 aliphatic heterocycles. The SMILES string of the molecule is [2H]c1n[nH]c2ccc3c(c12)C[C@@H](C)N(CC(F)(F)F)[C@@H]3c1ccc(NC2CN(CCCF)C2)cn1. The molecule has 2 N–H and O–H groups in total. The van der Waals surface area contributed by atoms with E-state index in [9.17, 15) is 17.6 Å². The number of nitrogens with one attached hydrogen (secondary N) is 2. The van der Waals surface area contributed by atoms with E-state index < -0.39 is 24.8 Å². The van der Waals surface area contributed by atoms with Crippen LogP contribution in [-0.2, 0) is 6.42 Å². The molecular formula is C24H28F4N6. The first-order chi connectivity index (χ1) is 16.7. The summed E-state index contributed by atoms with van der Waals surface area (Å²) in [5.74, 6) is 0. The monoisotopic (exact) mass is 477 g/mol. The minimum absolute atomic E-state index is 0.0978. The number of rotatable bonds is 7. The van der Waals surface area contributed by atoms with E-state index in [1.165, 1.54) is 4.90 Å². The number of pyridine rings is 1. The Morgan fingerprint density at radius 3 is 2.76 bits per heavy atom. The lowest BCUT2D eigenvalue weighted by Crippen LogP contribution is -2.54. The first-order valence-corrected chi connectivity index (χ1v) is 11.5. The van der Waals surface area contributed by atoms with E-state index in [2.05, 4.69) is 25.4 Å². The van der Waals surface area contributed by atoms with Gasteiger partial charge in [0.05, 0.1) is 55.9 Å². The second-order valence-electron chi connectivity index (χ2n) is 9.25. The van der Waals surface area contributed by atoms with Gasteiger partial charge in [0, 0.05) is 31.1 Å². The number of hydrogen-bond donors (Lipinski definition) is 2. The Morgan fingerprint density at radius 2 is 2.06 bits per heavy atom. The van der Waals surface area contributed by atoms with Gasteiger partial charge in [0.1, 0.15) is 0 Å². The summed E-state index contributed by atoms with van der Waals surface area (Å²) in [4.78, 5) is 8.20. The van der Waals surface area contributed by atoms with E-state index in [0.29, 0.717) is 29.4 Å². The zero-order chi connectivity index (χ0) is 24.7. The van der Waals surface area contributed by atoms with Crippen LogP contribution in [0.25, 0.3) is 10.9 Å². The Bertz CT molecular complexity index is 1180. The number of benzene rings is 1. The Kier molecular flexibility index (Phi) is 5.86. The lowest BCUT2D eigenvalue weighted by molar-refractivity contribution is -0.155. The Balaban J connectivity index is 1.43. The van der Waals surface area contributed by atoms with E-state index in [4.69, 9.17) is 1.37 Å². The number of aromatic nitrogens is 3. The number of halogens is 4. The second kappa shape index (κ2) is 9.14. The van der Waals surface area contributed by atoms with Crippen molar-refractivity contribution in [3.8, 4) is 0 Å². The lowest BCUT2D eigenvalue weighted by atomic mass is 9.85. The number of aromatic amines is 1. The normalized spacial score (nSPS) is 22.4. The van der Waals surface area contributed by atoms with Crippen molar-refractivity contribution in [2.24, 2.45) is 0 Å². The molecule has 6 nitrogen and oxygen atoms in total. The van der Waals surface area contributed by atoms with Gasteiger partial charge in [0.15, 0.2) is 0 Å². The number of nitrogens with zero attached hydrogens (tertiary/aromatic N) is 4. The molecule has 1 fully saturated rings. The van der Waals surface area contributed by atoms with Crippen LogP contribution in [0.2, 0.25) is 0 Å². The number of alkyl halides is 4. The Hall–Kier alpha value is -2.72. The van der Waals surface area contributed by atoms with Crippen LogP contribution in [-0.4, -0.2) is 76.1 Å². The van der Waals surface area contributed by atoms with Gasteiger partial charge in [-0.2, -0.15) is 18.3 Å². The van der Waals surface area contributed by atoms with Crippen molar-refractivity contribution in [2.45, 2.75) is 44.1 Å². The first-order valence-electron chi connectivity index (χ1n) is 12.0. The summed E-state index contributed by atoms with van der Waals surface area (Å²) in [6.45, 7) is 2.81. The van der Waals surface area contributed by atoms with Gasteiger partial charge in [-0.25, -0.2) is 0 Å². The van der Waals surface area contributed by atoms with Gasteiger partial charge in [0.25, 0.3) is 0 Å². The number of H-pyrrole nitrogens is 1. The second-order valence-corrected chi connectivity index (χ2v) is 9.25. The highest BCUT2D eigenvalue weighted by Gasteiger charge is 2.41. The first kappa shape index (κ1) is 21.8. The van der Waals surface area contributed by atoms with Gasteiger partial charge in [-0.3, -0.25) is 24.3 Å². The third kappa shape index (κ3) is 4.61. The average Bonchev–Trinajstić information content (AvgIpc) is 3.17. The van der Waals surface area contributed by atoms with Gasteiger partial charge >= 0.3 is 6.18 Å². The molecular weight excluding hydrogens is 448 g/mol. The van der Waals surface area contributed by atoms with Crippen molar-refractivity contribution in [3.05, 3.63) is 53.5 Å². The molecule has 5 rings (SSSR count). The van der Waals surface area contributed by atoms with Crippen molar-refractivity contribution in [2.75, 3.05) is 38.2 Å². The van der Waals surface area contributed by atoms with E-state index in [-0.39, 0.29) is 18.9 Å². The third-order valence-electron chi connectivity index (χ3n) is 6.75. The molecule has 1 aromatic carbocycles. The highest BCUT2D eigenvalue weighted by molar-refractivity contribution is 5.83. The highest BCUT2D eigenvalue weighted by Crippen LogP contribution is 2.41. The van der Waals surface area contributed by atoms with Crippen LogP contribution < -0.4 is 5.32 Å². The molecule has 0 radical (unpaired) electrons. The summed E-state index contributed by atoms with van der Waals surface area (Å²) in [6.07, 6.45) is -1.67. The van der Waals surface area contributed by atoms with Gasteiger partial charge in [-0.1, -0.05) is 6.07 Å². The lowest BCUT2D eigenvalue weighted by Gasteiger charge is -2.42. The van der Waals surface area contributed by atoms with E-state index in [0.717, 1.165) is 36.4 Å². The predicted molar refractivity (Wildman–Crippen MR) is 123 cm³/mol. The van der Waals surface area contributed by atoms with Crippen LogP contribution in [0.4, 0.5) is 23.2 Å². The largest absolute Gasteiger partial charge is 0.401 e. The fourth-order valence-electron chi connectivity index (χ4n) is 5.15. The summed E-state index contributed by atoms with van der Waals surface area (Å²) < 4.78 is 61.2. The van der Waals surface area contributed by atoms with Crippen LogP contribution in [0.5, 0.6) is 0 Å². The number of likely N-dealkylation sites (tertiary alicyclic amines) is 1. The van der Waals surface area contributed by atoms with Crippen LogP contribution in [0.3, 0.4) is 0 Å². The molecule has 0 unspecified atom stereocenters. The molecule has 1 saturated heterocycles. The minimum atomic E-state index is -4.36. The molecule has 10 heteroatoms. The van der Waals surface area contributed by atoms with E-state index in [1.807, 2.05) is 12.1 Å². The smallest absolute Gasteiger partial charge is 0.378 e. The quantitative estimate of drug-likeness (QED) is 0.497. The molecule has 2 aliphatic rings. The van der Waals surface area contributed by atoms with E-state index in [1.54, 1.807) is 25.3 Å². The Labute approximate surface area is 196 Å². The number of fused-ring (bicyclic) bond motifs is 3. The number of anilines is 1. The summed E-state index contributed by atoms with van der Waals surface area (Å²) in [5.41, 5.74) is 3.61. The molecule has 0 bridgehead atoms. The van der Waals surface area contributed by atoms with Crippen molar-refractivity contribution in [1.82, 2.24) is 25.0 Å². The molecule has 0 spiro atoms. The average molecular weight is 478 g/mol. The van der Waals surface area contributed by atoms with Crippen LogP contribution in [0, 0.1) is 0 Å². The summed E-state index contributed by atoms with van der Waals surface area (Å²) in [7, 11) is 0. The topological polar surface area (TPSA) is 60.1 Å². The Morgan fingerprint density at radius 1 is 1.24 bits per heavy atom. The van der Waals surface area contributed by atoms with Gasteiger partial charge in [-0.05, 0) is 49.1 Å². The molecule has 0 saturated carbocycles. The summed E-state index contributed by atoms with van der Waals surface area (Å²) in [5, 5.41) is 10.9. The fraction of sp³-hybridized carbons (Fsp3) is 0.500.